The summed E-state index contributed by atoms with van der Waals surface area (Å²) in [6.45, 7) is 10.6. The van der Waals surface area contributed by atoms with Crippen LogP contribution in [0, 0.1) is 5.92 Å². The van der Waals surface area contributed by atoms with Crippen molar-refractivity contribution in [3.05, 3.63) is 24.3 Å². The van der Waals surface area contributed by atoms with E-state index in [9.17, 15) is 0 Å². The molecule has 0 bridgehead atoms. The van der Waals surface area contributed by atoms with Crippen molar-refractivity contribution in [3.63, 3.8) is 0 Å². The molecule has 2 rings (SSSR count). The van der Waals surface area contributed by atoms with Gasteiger partial charge in [-0.05, 0) is 31.4 Å². The van der Waals surface area contributed by atoms with Crippen LogP contribution in [0.3, 0.4) is 0 Å². The minimum Gasteiger partial charge on any atom is -0.494 e. The summed E-state index contributed by atoms with van der Waals surface area (Å²) in [6, 6.07) is 9.05. The number of nitrogens with zero attached hydrogens (tertiary/aromatic N) is 1. The average molecular weight is 262 g/mol. The second kappa shape index (κ2) is 6.80. The number of ether oxygens (including phenoxy) is 1. The summed E-state index contributed by atoms with van der Waals surface area (Å²) in [6.07, 6.45) is 1.24. The molecule has 3 heteroatoms. The molecule has 1 aliphatic heterocycles. The van der Waals surface area contributed by atoms with Gasteiger partial charge in [0.15, 0.2) is 0 Å². The van der Waals surface area contributed by atoms with Crippen LogP contribution >= 0.6 is 0 Å². The fourth-order valence-electron chi connectivity index (χ4n) is 2.72. The zero-order chi connectivity index (χ0) is 13.7. The molecule has 0 amide bonds. The van der Waals surface area contributed by atoms with Crippen molar-refractivity contribution in [2.75, 3.05) is 31.1 Å². The third-order valence-electron chi connectivity index (χ3n) is 3.51. The molecule has 106 valence electrons. The Morgan fingerprint density at radius 2 is 2.26 bits per heavy atom. The van der Waals surface area contributed by atoms with E-state index in [1.54, 1.807) is 0 Å². The lowest BCUT2D eigenvalue weighted by molar-refractivity contribution is 0.340. The van der Waals surface area contributed by atoms with Crippen molar-refractivity contribution in [2.45, 2.75) is 33.2 Å². The van der Waals surface area contributed by atoms with E-state index >= 15 is 0 Å². The largest absolute Gasteiger partial charge is 0.494 e. The molecule has 1 aromatic carbocycles. The van der Waals surface area contributed by atoms with E-state index in [2.05, 4.69) is 42.3 Å². The van der Waals surface area contributed by atoms with E-state index in [1.807, 2.05) is 13.0 Å². The molecule has 19 heavy (non-hydrogen) atoms. The van der Waals surface area contributed by atoms with Crippen LogP contribution < -0.4 is 15.0 Å². The molecule has 0 aliphatic carbocycles. The van der Waals surface area contributed by atoms with Crippen LogP contribution in [-0.4, -0.2) is 32.3 Å². The zero-order valence-corrected chi connectivity index (χ0v) is 12.4. The van der Waals surface area contributed by atoms with E-state index < -0.39 is 0 Å². The molecular weight excluding hydrogens is 236 g/mol. The molecule has 1 aromatic rings. The number of hydrogen-bond acceptors (Lipinski definition) is 3. The summed E-state index contributed by atoms with van der Waals surface area (Å²) in [5.74, 6) is 1.71. The standard InChI is InChI=1S/C16H26N2O/c1-4-19-16-7-5-6-15(11-16)18-9-8-17-14(12-18)10-13(2)3/h5-7,11,13-14,17H,4,8-10,12H2,1-3H3. The number of hydrogen-bond donors (Lipinski definition) is 1. The Morgan fingerprint density at radius 1 is 1.42 bits per heavy atom. The van der Waals surface area contributed by atoms with Crippen LogP contribution in [0.5, 0.6) is 5.75 Å². The molecule has 1 saturated heterocycles. The van der Waals surface area contributed by atoms with Crippen molar-refractivity contribution in [1.29, 1.82) is 0 Å². The minimum atomic E-state index is 0.601. The van der Waals surface area contributed by atoms with Gasteiger partial charge in [0.05, 0.1) is 6.61 Å². The van der Waals surface area contributed by atoms with Crippen LogP contribution in [-0.2, 0) is 0 Å². The molecule has 1 unspecified atom stereocenters. The van der Waals surface area contributed by atoms with E-state index in [1.165, 1.54) is 12.1 Å². The summed E-state index contributed by atoms with van der Waals surface area (Å²) < 4.78 is 5.59. The van der Waals surface area contributed by atoms with Gasteiger partial charge >= 0.3 is 0 Å². The molecule has 1 fully saturated rings. The van der Waals surface area contributed by atoms with E-state index in [0.717, 1.165) is 37.9 Å². The molecule has 1 atom stereocenters. The maximum atomic E-state index is 5.59. The summed E-state index contributed by atoms with van der Waals surface area (Å²) in [7, 11) is 0. The highest BCUT2D eigenvalue weighted by Crippen LogP contribution is 2.23. The first-order valence-corrected chi connectivity index (χ1v) is 7.40. The fraction of sp³-hybridized carbons (Fsp3) is 0.625. The summed E-state index contributed by atoms with van der Waals surface area (Å²) in [4.78, 5) is 2.46. The van der Waals surface area contributed by atoms with Crippen LogP contribution in [0.25, 0.3) is 0 Å². The smallest absolute Gasteiger partial charge is 0.121 e. The lowest BCUT2D eigenvalue weighted by Gasteiger charge is -2.36. The lowest BCUT2D eigenvalue weighted by atomic mass is 10.0. The quantitative estimate of drug-likeness (QED) is 0.883. The van der Waals surface area contributed by atoms with Crippen LogP contribution in [0.2, 0.25) is 0 Å². The van der Waals surface area contributed by atoms with E-state index in [-0.39, 0.29) is 0 Å². The van der Waals surface area contributed by atoms with Crippen molar-refractivity contribution < 1.29 is 4.74 Å². The first-order valence-electron chi connectivity index (χ1n) is 7.40. The maximum absolute atomic E-state index is 5.59. The van der Waals surface area contributed by atoms with Gasteiger partial charge in [-0.2, -0.15) is 0 Å². The number of rotatable bonds is 5. The maximum Gasteiger partial charge on any atom is 0.121 e. The van der Waals surface area contributed by atoms with Gasteiger partial charge in [0, 0.05) is 37.4 Å². The van der Waals surface area contributed by atoms with Gasteiger partial charge in [-0.25, -0.2) is 0 Å². The van der Waals surface area contributed by atoms with Gasteiger partial charge in [0.1, 0.15) is 5.75 Å². The molecule has 1 aliphatic rings. The highest BCUT2D eigenvalue weighted by Gasteiger charge is 2.20. The number of nitrogens with one attached hydrogen (secondary N) is 1. The van der Waals surface area contributed by atoms with Crippen molar-refractivity contribution >= 4 is 5.69 Å². The SMILES string of the molecule is CCOc1cccc(N2CCNC(CC(C)C)C2)c1. The van der Waals surface area contributed by atoms with Gasteiger partial charge in [-0.15, -0.1) is 0 Å². The zero-order valence-electron chi connectivity index (χ0n) is 12.4. The normalized spacial score (nSPS) is 19.8. The highest BCUT2D eigenvalue weighted by atomic mass is 16.5. The average Bonchev–Trinajstić information content (AvgIpc) is 2.39. The van der Waals surface area contributed by atoms with Crippen LogP contribution in [0.4, 0.5) is 5.69 Å². The fourth-order valence-corrected chi connectivity index (χ4v) is 2.72. The van der Waals surface area contributed by atoms with Gasteiger partial charge in [0.25, 0.3) is 0 Å². The van der Waals surface area contributed by atoms with Gasteiger partial charge in [-0.3, -0.25) is 0 Å². The molecule has 1 heterocycles. The predicted octanol–water partition coefficient (Wildman–Crippen LogP) is 2.91. The first-order chi connectivity index (χ1) is 9.19. The van der Waals surface area contributed by atoms with Crippen molar-refractivity contribution in [1.82, 2.24) is 5.32 Å². The Balaban J connectivity index is 2.02. The van der Waals surface area contributed by atoms with Crippen LogP contribution in [0.15, 0.2) is 24.3 Å². The van der Waals surface area contributed by atoms with E-state index in [0.29, 0.717) is 6.04 Å². The third-order valence-corrected chi connectivity index (χ3v) is 3.51. The molecule has 0 aromatic heterocycles. The van der Waals surface area contributed by atoms with Gasteiger partial charge < -0.3 is 15.0 Å². The molecular formula is C16H26N2O. The Kier molecular flexibility index (Phi) is 5.08. The minimum absolute atomic E-state index is 0.601. The van der Waals surface area contributed by atoms with Crippen LogP contribution in [0.1, 0.15) is 27.2 Å². The predicted molar refractivity (Wildman–Crippen MR) is 81.1 cm³/mol. The first kappa shape index (κ1) is 14.2. The highest BCUT2D eigenvalue weighted by molar-refractivity contribution is 5.51. The molecule has 1 N–H and O–H groups in total. The summed E-state index contributed by atoms with van der Waals surface area (Å²) >= 11 is 0. The molecule has 0 saturated carbocycles. The number of benzene rings is 1. The molecule has 0 spiro atoms. The molecule has 3 nitrogen and oxygen atoms in total. The van der Waals surface area contributed by atoms with Gasteiger partial charge in [-0.1, -0.05) is 19.9 Å². The van der Waals surface area contributed by atoms with Crippen molar-refractivity contribution in [2.24, 2.45) is 5.92 Å². The Labute approximate surface area is 116 Å². The second-order valence-corrected chi connectivity index (χ2v) is 5.66. The Bertz CT molecular complexity index is 392. The Hall–Kier alpha value is -1.22. The van der Waals surface area contributed by atoms with Crippen molar-refractivity contribution in [3.8, 4) is 5.75 Å². The number of anilines is 1. The van der Waals surface area contributed by atoms with E-state index in [4.69, 9.17) is 4.74 Å². The Morgan fingerprint density at radius 3 is 3.00 bits per heavy atom. The summed E-state index contributed by atoms with van der Waals surface area (Å²) in [5, 5.41) is 3.62. The summed E-state index contributed by atoms with van der Waals surface area (Å²) in [5.41, 5.74) is 1.28. The van der Waals surface area contributed by atoms with Gasteiger partial charge in [0.2, 0.25) is 0 Å². The second-order valence-electron chi connectivity index (χ2n) is 5.66. The topological polar surface area (TPSA) is 24.5 Å². The third kappa shape index (κ3) is 4.13. The molecule has 0 radical (unpaired) electrons. The number of piperazine rings is 1. The lowest BCUT2D eigenvalue weighted by Crippen LogP contribution is -2.51. The monoisotopic (exact) mass is 262 g/mol.